The number of aryl methyl sites for hydroxylation is 2. The summed E-state index contributed by atoms with van der Waals surface area (Å²) in [5.41, 5.74) is 6.83. The number of nitrogens with zero attached hydrogens (tertiary/aromatic N) is 1. The van der Waals surface area contributed by atoms with Crippen LogP contribution in [0.2, 0.25) is 0 Å². The highest BCUT2D eigenvalue weighted by molar-refractivity contribution is 5.96. The summed E-state index contributed by atoms with van der Waals surface area (Å²) in [6, 6.07) is 8.69. The average Bonchev–Trinajstić information content (AvgIpc) is 2.86. The molecule has 6 nitrogen and oxygen atoms in total. The van der Waals surface area contributed by atoms with E-state index in [1.54, 1.807) is 38.1 Å². The number of hydrogen-bond donors (Lipinski definition) is 2. The fourth-order valence-electron chi connectivity index (χ4n) is 2.38. The molecule has 1 aromatic carbocycles. The van der Waals surface area contributed by atoms with Crippen molar-refractivity contribution in [1.29, 1.82) is 0 Å². The molecule has 1 heterocycles. The molecular weight excluding hydrogens is 282 g/mol. The number of nitrogens with one attached hydrogen (secondary N) is 2. The summed E-state index contributed by atoms with van der Waals surface area (Å²) in [7, 11) is 0. The van der Waals surface area contributed by atoms with Crippen molar-refractivity contribution >= 4 is 11.8 Å². The van der Waals surface area contributed by atoms with Gasteiger partial charge in [-0.15, -0.1) is 0 Å². The Morgan fingerprint density at radius 3 is 2.41 bits per heavy atom. The maximum atomic E-state index is 12.3. The first-order valence-electron chi connectivity index (χ1n) is 7.12. The van der Waals surface area contributed by atoms with E-state index in [2.05, 4.69) is 16.0 Å². The minimum atomic E-state index is -0.415. The van der Waals surface area contributed by atoms with Gasteiger partial charge in [0.1, 0.15) is 5.76 Å². The fraction of sp³-hybridized carbons (Fsp3) is 0.312. The van der Waals surface area contributed by atoms with Crippen molar-refractivity contribution in [2.24, 2.45) is 0 Å². The molecule has 0 spiro atoms. The van der Waals surface area contributed by atoms with Crippen molar-refractivity contribution < 1.29 is 14.1 Å². The molecule has 0 aliphatic carbocycles. The third-order valence-electron chi connectivity index (χ3n) is 3.50. The van der Waals surface area contributed by atoms with E-state index in [1.807, 2.05) is 13.0 Å². The number of amides is 2. The van der Waals surface area contributed by atoms with Crippen LogP contribution in [-0.2, 0) is 4.79 Å². The Morgan fingerprint density at radius 1 is 1.18 bits per heavy atom. The molecular formula is C16H19N3O3. The van der Waals surface area contributed by atoms with Crippen LogP contribution < -0.4 is 10.9 Å². The molecule has 0 saturated carbocycles. The topological polar surface area (TPSA) is 84.2 Å². The minimum Gasteiger partial charge on any atom is -0.361 e. The maximum absolute atomic E-state index is 12.3. The molecule has 0 bridgehead atoms. The first-order valence-corrected chi connectivity index (χ1v) is 7.12. The molecule has 2 aromatic rings. The lowest BCUT2D eigenvalue weighted by Crippen LogP contribution is -2.44. The van der Waals surface area contributed by atoms with Crippen molar-refractivity contribution in [3.05, 3.63) is 52.9 Å². The normalized spacial score (nSPS) is 11.8. The standard InChI is InChI=1S/C16H19N3O3/c1-4-13(14-10(2)19-22-11(14)3)16(21)18-17-15(20)12-8-6-5-7-9-12/h5-9,13H,4H2,1-3H3,(H,17,20)(H,18,21)/t13-/m0/s1. The van der Waals surface area contributed by atoms with Crippen LogP contribution in [0.3, 0.4) is 0 Å². The van der Waals surface area contributed by atoms with Gasteiger partial charge < -0.3 is 4.52 Å². The number of rotatable bonds is 4. The zero-order valence-electron chi connectivity index (χ0n) is 12.8. The van der Waals surface area contributed by atoms with Gasteiger partial charge >= 0.3 is 0 Å². The van der Waals surface area contributed by atoms with Crippen LogP contribution in [0.4, 0.5) is 0 Å². The number of benzene rings is 1. The molecule has 0 aliphatic heterocycles. The zero-order chi connectivity index (χ0) is 16.1. The Bertz CT molecular complexity index is 645. The highest BCUT2D eigenvalue weighted by Crippen LogP contribution is 2.26. The van der Waals surface area contributed by atoms with Crippen LogP contribution in [0.25, 0.3) is 0 Å². The van der Waals surface area contributed by atoms with Gasteiger partial charge in [0.2, 0.25) is 5.91 Å². The van der Waals surface area contributed by atoms with Gasteiger partial charge in [-0.1, -0.05) is 30.3 Å². The zero-order valence-corrected chi connectivity index (χ0v) is 12.8. The molecule has 0 unspecified atom stereocenters. The summed E-state index contributed by atoms with van der Waals surface area (Å²) in [5.74, 6) is -0.444. The van der Waals surface area contributed by atoms with E-state index in [4.69, 9.17) is 4.52 Å². The number of hydrazine groups is 1. The summed E-state index contributed by atoms with van der Waals surface area (Å²) in [6.45, 7) is 5.47. The molecule has 2 N–H and O–H groups in total. The van der Waals surface area contributed by atoms with Gasteiger partial charge in [0.05, 0.1) is 11.6 Å². The Balaban J connectivity index is 2.03. The van der Waals surface area contributed by atoms with Gasteiger partial charge in [0.15, 0.2) is 0 Å². The second-order valence-corrected chi connectivity index (χ2v) is 5.01. The molecule has 2 rings (SSSR count). The van der Waals surface area contributed by atoms with Crippen molar-refractivity contribution in [3.8, 4) is 0 Å². The molecule has 1 atom stereocenters. The van der Waals surface area contributed by atoms with Gasteiger partial charge in [-0.05, 0) is 32.4 Å². The van der Waals surface area contributed by atoms with Crippen molar-refractivity contribution in [2.75, 3.05) is 0 Å². The van der Waals surface area contributed by atoms with E-state index < -0.39 is 5.92 Å². The quantitative estimate of drug-likeness (QED) is 0.848. The summed E-state index contributed by atoms with van der Waals surface area (Å²) in [5, 5.41) is 3.87. The van der Waals surface area contributed by atoms with Crippen LogP contribution in [0.5, 0.6) is 0 Å². The van der Waals surface area contributed by atoms with Crippen molar-refractivity contribution in [2.45, 2.75) is 33.1 Å². The fourth-order valence-corrected chi connectivity index (χ4v) is 2.38. The van der Waals surface area contributed by atoms with E-state index in [-0.39, 0.29) is 11.8 Å². The monoisotopic (exact) mass is 301 g/mol. The summed E-state index contributed by atoms with van der Waals surface area (Å²) in [6.07, 6.45) is 0.579. The average molecular weight is 301 g/mol. The lowest BCUT2D eigenvalue weighted by Gasteiger charge is -2.15. The predicted molar refractivity (Wildman–Crippen MR) is 81.1 cm³/mol. The first kappa shape index (κ1) is 15.8. The lowest BCUT2D eigenvalue weighted by molar-refractivity contribution is -0.123. The van der Waals surface area contributed by atoms with Crippen LogP contribution in [0, 0.1) is 13.8 Å². The second-order valence-electron chi connectivity index (χ2n) is 5.01. The van der Waals surface area contributed by atoms with Gasteiger partial charge in [-0.3, -0.25) is 20.4 Å². The smallest absolute Gasteiger partial charge is 0.269 e. The predicted octanol–water partition coefficient (Wildman–Crippen LogP) is 2.25. The van der Waals surface area contributed by atoms with Gasteiger partial charge in [-0.2, -0.15) is 0 Å². The minimum absolute atomic E-state index is 0.291. The maximum Gasteiger partial charge on any atom is 0.269 e. The van der Waals surface area contributed by atoms with Crippen LogP contribution in [0.15, 0.2) is 34.9 Å². The molecule has 6 heteroatoms. The van der Waals surface area contributed by atoms with Crippen LogP contribution in [0.1, 0.15) is 46.6 Å². The van der Waals surface area contributed by atoms with Gasteiger partial charge in [0, 0.05) is 11.1 Å². The number of hydrogen-bond acceptors (Lipinski definition) is 4. The van der Waals surface area contributed by atoms with E-state index in [1.165, 1.54) is 0 Å². The number of carbonyl (C=O) groups excluding carboxylic acids is 2. The lowest BCUT2D eigenvalue weighted by atomic mass is 9.94. The Morgan fingerprint density at radius 2 is 1.86 bits per heavy atom. The van der Waals surface area contributed by atoms with Gasteiger partial charge in [0.25, 0.3) is 5.91 Å². The second kappa shape index (κ2) is 6.89. The van der Waals surface area contributed by atoms with E-state index in [0.29, 0.717) is 23.4 Å². The van der Waals surface area contributed by atoms with E-state index in [9.17, 15) is 9.59 Å². The molecule has 1 aromatic heterocycles. The molecule has 0 radical (unpaired) electrons. The molecule has 0 aliphatic rings. The van der Waals surface area contributed by atoms with E-state index >= 15 is 0 Å². The molecule has 0 saturated heterocycles. The summed E-state index contributed by atoms with van der Waals surface area (Å²) in [4.78, 5) is 24.2. The van der Waals surface area contributed by atoms with Gasteiger partial charge in [-0.25, -0.2) is 0 Å². The Labute approximate surface area is 128 Å². The van der Waals surface area contributed by atoms with Crippen molar-refractivity contribution in [1.82, 2.24) is 16.0 Å². The third-order valence-corrected chi connectivity index (χ3v) is 3.50. The number of aromatic nitrogens is 1. The van der Waals surface area contributed by atoms with Crippen molar-refractivity contribution in [3.63, 3.8) is 0 Å². The highest BCUT2D eigenvalue weighted by atomic mass is 16.5. The van der Waals surface area contributed by atoms with E-state index in [0.717, 1.165) is 5.56 Å². The Kier molecular flexibility index (Phi) is 4.93. The molecule has 22 heavy (non-hydrogen) atoms. The summed E-state index contributed by atoms with van der Waals surface area (Å²) >= 11 is 0. The summed E-state index contributed by atoms with van der Waals surface area (Å²) < 4.78 is 5.11. The molecule has 2 amide bonds. The third kappa shape index (κ3) is 3.33. The largest absolute Gasteiger partial charge is 0.361 e. The highest BCUT2D eigenvalue weighted by Gasteiger charge is 2.25. The molecule has 0 fully saturated rings. The Hall–Kier alpha value is -2.63. The SMILES string of the molecule is CC[C@H](C(=O)NNC(=O)c1ccccc1)c1c(C)noc1C. The first-order chi connectivity index (χ1) is 10.5. The van der Waals surface area contributed by atoms with Crippen LogP contribution in [-0.4, -0.2) is 17.0 Å². The number of carbonyl (C=O) groups is 2. The molecule has 116 valence electrons. The van der Waals surface area contributed by atoms with Crippen LogP contribution >= 0.6 is 0 Å².